The molecular weight excluding hydrogens is 204 g/mol. The molecule has 0 aliphatic heterocycles. The van der Waals surface area contributed by atoms with Crippen molar-refractivity contribution in [2.24, 2.45) is 0 Å². The molecule has 1 N–H and O–H groups in total. The maximum atomic E-state index is 5.40. The first-order valence-corrected chi connectivity index (χ1v) is 5.46. The number of nitrogens with one attached hydrogen (secondary N) is 1. The molecule has 1 aromatic heterocycles. The summed E-state index contributed by atoms with van der Waals surface area (Å²) in [4.78, 5) is 4.39. The fraction of sp³-hybridized carbons (Fsp3) is 0.444. The second kappa shape index (κ2) is 5.37. The highest BCUT2D eigenvalue weighted by Crippen LogP contribution is 2.16. The summed E-state index contributed by atoms with van der Waals surface area (Å²) in [5, 5.41) is 6.48. The molecule has 0 radical (unpaired) electrons. The summed E-state index contributed by atoms with van der Waals surface area (Å²) in [5.41, 5.74) is 2.61. The van der Waals surface area contributed by atoms with E-state index in [0.717, 1.165) is 17.2 Å². The van der Waals surface area contributed by atoms with Crippen molar-refractivity contribution in [3.63, 3.8) is 0 Å². The Hall–Kier alpha value is -0.380. The minimum absolute atomic E-state index is 0.298. The SMILES string of the molecule is Cc1csc(C(C)NC/C=C/Cl)n1. The van der Waals surface area contributed by atoms with E-state index in [9.17, 15) is 0 Å². The Bertz CT molecular complexity index is 283. The Morgan fingerprint density at radius 2 is 2.54 bits per heavy atom. The standard InChI is InChI=1S/C9H13ClN2S/c1-7-6-13-9(12-7)8(2)11-5-3-4-10/h3-4,6,8,11H,5H2,1-2H3/b4-3+. The molecule has 0 aliphatic rings. The van der Waals surface area contributed by atoms with Gasteiger partial charge in [0.25, 0.3) is 0 Å². The van der Waals surface area contributed by atoms with Gasteiger partial charge in [-0.05, 0) is 13.8 Å². The topological polar surface area (TPSA) is 24.9 Å². The average Bonchev–Trinajstić information content (AvgIpc) is 2.52. The van der Waals surface area contributed by atoms with Gasteiger partial charge >= 0.3 is 0 Å². The van der Waals surface area contributed by atoms with Crippen LogP contribution in [0.15, 0.2) is 17.0 Å². The van der Waals surface area contributed by atoms with Gasteiger partial charge in [0, 0.05) is 23.2 Å². The van der Waals surface area contributed by atoms with Gasteiger partial charge in [0.2, 0.25) is 0 Å². The molecule has 1 atom stereocenters. The minimum atomic E-state index is 0.298. The lowest BCUT2D eigenvalue weighted by molar-refractivity contribution is 0.612. The highest BCUT2D eigenvalue weighted by Gasteiger charge is 2.06. The fourth-order valence-electron chi connectivity index (χ4n) is 0.948. The van der Waals surface area contributed by atoms with Crippen LogP contribution < -0.4 is 5.32 Å². The van der Waals surface area contributed by atoms with Gasteiger partial charge in [-0.25, -0.2) is 4.98 Å². The average molecular weight is 217 g/mol. The fourth-order valence-corrected chi connectivity index (χ4v) is 1.86. The number of hydrogen-bond acceptors (Lipinski definition) is 3. The van der Waals surface area contributed by atoms with Crippen LogP contribution in [0.2, 0.25) is 0 Å². The number of nitrogens with zero attached hydrogens (tertiary/aromatic N) is 1. The van der Waals surface area contributed by atoms with E-state index in [1.807, 2.05) is 13.0 Å². The maximum absolute atomic E-state index is 5.40. The highest BCUT2D eigenvalue weighted by molar-refractivity contribution is 7.09. The van der Waals surface area contributed by atoms with Crippen molar-refractivity contribution in [1.82, 2.24) is 10.3 Å². The normalized spacial score (nSPS) is 13.8. The quantitative estimate of drug-likeness (QED) is 0.838. The Kier molecular flexibility index (Phi) is 4.42. The van der Waals surface area contributed by atoms with Gasteiger partial charge in [-0.1, -0.05) is 17.7 Å². The lowest BCUT2D eigenvalue weighted by Crippen LogP contribution is -2.18. The molecule has 0 spiro atoms. The molecule has 1 rings (SSSR count). The third-order valence-electron chi connectivity index (χ3n) is 1.64. The summed E-state index contributed by atoms with van der Waals surface area (Å²) in [6.45, 7) is 4.88. The Labute approximate surface area is 87.6 Å². The van der Waals surface area contributed by atoms with E-state index < -0.39 is 0 Å². The lowest BCUT2D eigenvalue weighted by Gasteiger charge is -2.07. The zero-order valence-electron chi connectivity index (χ0n) is 7.75. The monoisotopic (exact) mass is 216 g/mol. The zero-order chi connectivity index (χ0) is 9.68. The molecule has 0 aromatic carbocycles. The number of hydrogen-bond donors (Lipinski definition) is 1. The van der Waals surface area contributed by atoms with Crippen LogP contribution in [0.3, 0.4) is 0 Å². The molecule has 2 nitrogen and oxygen atoms in total. The van der Waals surface area contributed by atoms with E-state index in [4.69, 9.17) is 11.6 Å². The molecule has 0 amide bonds. The first kappa shape index (κ1) is 10.7. The van der Waals surface area contributed by atoms with Crippen LogP contribution in [0.4, 0.5) is 0 Å². The molecule has 13 heavy (non-hydrogen) atoms. The predicted octanol–water partition coefficient (Wildman–Crippen LogP) is 2.85. The van der Waals surface area contributed by atoms with Crippen molar-refractivity contribution in [1.29, 1.82) is 0 Å². The van der Waals surface area contributed by atoms with Crippen molar-refractivity contribution in [3.8, 4) is 0 Å². The van der Waals surface area contributed by atoms with Crippen molar-refractivity contribution in [3.05, 3.63) is 27.7 Å². The third-order valence-corrected chi connectivity index (χ3v) is 2.96. The molecule has 0 saturated carbocycles. The van der Waals surface area contributed by atoms with Crippen LogP contribution >= 0.6 is 22.9 Å². The summed E-state index contributed by atoms with van der Waals surface area (Å²) in [6.07, 6.45) is 1.87. The second-order valence-electron chi connectivity index (χ2n) is 2.82. The molecule has 0 fully saturated rings. The molecule has 1 heterocycles. The summed E-state index contributed by atoms with van der Waals surface area (Å²) < 4.78 is 0. The largest absolute Gasteiger partial charge is 0.305 e. The second-order valence-corrected chi connectivity index (χ2v) is 3.96. The lowest BCUT2D eigenvalue weighted by atomic mass is 10.3. The Morgan fingerprint density at radius 1 is 1.77 bits per heavy atom. The van der Waals surface area contributed by atoms with E-state index >= 15 is 0 Å². The number of aryl methyl sites for hydroxylation is 1. The molecule has 1 unspecified atom stereocenters. The van der Waals surface area contributed by atoms with Crippen LogP contribution in [0, 0.1) is 6.92 Å². The molecule has 0 aliphatic carbocycles. The molecular formula is C9H13ClN2S. The van der Waals surface area contributed by atoms with Gasteiger partial charge in [0.1, 0.15) is 5.01 Å². The van der Waals surface area contributed by atoms with Crippen LogP contribution in [0.25, 0.3) is 0 Å². The smallest absolute Gasteiger partial charge is 0.110 e. The van der Waals surface area contributed by atoms with Gasteiger partial charge in [0.15, 0.2) is 0 Å². The van der Waals surface area contributed by atoms with E-state index in [0.29, 0.717) is 6.04 Å². The highest BCUT2D eigenvalue weighted by atomic mass is 35.5. The van der Waals surface area contributed by atoms with Gasteiger partial charge < -0.3 is 5.32 Å². The van der Waals surface area contributed by atoms with Crippen molar-refractivity contribution in [2.75, 3.05) is 6.54 Å². The van der Waals surface area contributed by atoms with Crippen LogP contribution in [-0.2, 0) is 0 Å². The molecule has 0 bridgehead atoms. The number of aromatic nitrogens is 1. The number of rotatable bonds is 4. The van der Waals surface area contributed by atoms with E-state index in [1.54, 1.807) is 11.3 Å². The first-order chi connectivity index (χ1) is 6.24. The minimum Gasteiger partial charge on any atom is -0.305 e. The summed E-state index contributed by atoms with van der Waals surface area (Å²) in [5.74, 6) is 0. The van der Waals surface area contributed by atoms with Crippen LogP contribution in [-0.4, -0.2) is 11.5 Å². The van der Waals surface area contributed by atoms with Gasteiger partial charge in [-0.2, -0.15) is 0 Å². The number of thiazole rings is 1. The van der Waals surface area contributed by atoms with Crippen molar-refractivity contribution < 1.29 is 0 Å². The van der Waals surface area contributed by atoms with Crippen LogP contribution in [0.1, 0.15) is 23.7 Å². The zero-order valence-corrected chi connectivity index (χ0v) is 9.32. The van der Waals surface area contributed by atoms with Crippen LogP contribution in [0.5, 0.6) is 0 Å². The number of halogens is 1. The van der Waals surface area contributed by atoms with Gasteiger partial charge in [-0.3, -0.25) is 0 Å². The van der Waals surface area contributed by atoms with Crippen molar-refractivity contribution in [2.45, 2.75) is 19.9 Å². The summed E-state index contributed by atoms with van der Waals surface area (Å²) in [6, 6.07) is 0.298. The Balaban J connectivity index is 2.43. The van der Waals surface area contributed by atoms with Crippen molar-refractivity contribution >= 4 is 22.9 Å². The Morgan fingerprint density at radius 3 is 3.08 bits per heavy atom. The molecule has 4 heteroatoms. The molecule has 0 saturated heterocycles. The van der Waals surface area contributed by atoms with E-state index in [1.165, 1.54) is 5.54 Å². The molecule has 1 aromatic rings. The third kappa shape index (κ3) is 3.46. The van der Waals surface area contributed by atoms with E-state index in [2.05, 4.69) is 22.6 Å². The maximum Gasteiger partial charge on any atom is 0.110 e. The predicted molar refractivity (Wildman–Crippen MR) is 58.3 cm³/mol. The first-order valence-electron chi connectivity index (χ1n) is 4.14. The summed E-state index contributed by atoms with van der Waals surface area (Å²) >= 11 is 7.09. The molecule has 72 valence electrons. The van der Waals surface area contributed by atoms with E-state index in [-0.39, 0.29) is 0 Å². The summed E-state index contributed by atoms with van der Waals surface area (Å²) in [7, 11) is 0. The van der Waals surface area contributed by atoms with Gasteiger partial charge in [-0.15, -0.1) is 11.3 Å². The van der Waals surface area contributed by atoms with Gasteiger partial charge in [0.05, 0.1) is 6.04 Å².